The summed E-state index contributed by atoms with van der Waals surface area (Å²) >= 11 is 1.66. The van der Waals surface area contributed by atoms with E-state index in [1.54, 1.807) is 11.3 Å². The van der Waals surface area contributed by atoms with Crippen LogP contribution in [0.15, 0.2) is 35.8 Å². The zero-order valence-corrected chi connectivity index (χ0v) is 14.1. The Morgan fingerprint density at radius 2 is 2.29 bits per heavy atom. The predicted molar refractivity (Wildman–Crippen MR) is 94.3 cm³/mol. The van der Waals surface area contributed by atoms with E-state index in [0.717, 1.165) is 41.9 Å². The molecule has 2 N–H and O–H groups in total. The van der Waals surface area contributed by atoms with E-state index in [-0.39, 0.29) is 0 Å². The summed E-state index contributed by atoms with van der Waals surface area (Å²) < 4.78 is 3.40. The number of carbonyl (C=O) groups is 1. The second-order valence-corrected chi connectivity index (χ2v) is 7.07. The van der Waals surface area contributed by atoms with Gasteiger partial charge in [0.2, 0.25) is 0 Å². The van der Waals surface area contributed by atoms with Gasteiger partial charge in [0.15, 0.2) is 0 Å². The molecule has 1 unspecified atom stereocenters. The summed E-state index contributed by atoms with van der Waals surface area (Å²) in [5.41, 5.74) is 2.16. The highest BCUT2D eigenvalue weighted by Crippen LogP contribution is 2.26. The number of carboxylic acid groups (broad SMARTS) is 1. The van der Waals surface area contributed by atoms with Crippen molar-refractivity contribution in [2.75, 3.05) is 0 Å². The van der Waals surface area contributed by atoms with E-state index in [4.69, 9.17) is 0 Å². The molecule has 3 heterocycles. The first-order valence-electron chi connectivity index (χ1n) is 8.17. The number of nitrogens with zero attached hydrogens (tertiary/aromatic N) is 2. The van der Waals surface area contributed by atoms with Gasteiger partial charge in [-0.15, -0.1) is 11.3 Å². The highest BCUT2D eigenvalue weighted by Gasteiger charge is 2.21. The van der Waals surface area contributed by atoms with E-state index in [0.29, 0.717) is 13.0 Å². The Hall–Kier alpha value is -2.18. The molecule has 0 saturated carbocycles. The van der Waals surface area contributed by atoms with Crippen LogP contribution in [0, 0.1) is 0 Å². The standard InChI is InChI=1S/C18H19N3O2S/c22-18(23)15(8-12-11-24-16-5-2-1-4-14(12)16)19-9-13-10-20-17-6-3-7-21(13)17/h1-2,4-5,10-11,15,19H,3,6-9H2,(H,22,23). The van der Waals surface area contributed by atoms with E-state index in [1.807, 2.05) is 18.3 Å². The van der Waals surface area contributed by atoms with Crippen LogP contribution < -0.4 is 5.32 Å². The average molecular weight is 341 g/mol. The molecule has 24 heavy (non-hydrogen) atoms. The number of aromatic nitrogens is 2. The van der Waals surface area contributed by atoms with Gasteiger partial charge in [-0.25, -0.2) is 4.98 Å². The van der Waals surface area contributed by atoms with E-state index in [9.17, 15) is 9.90 Å². The van der Waals surface area contributed by atoms with Crippen molar-refractivity contribution in [3.8, 4) is 0 Å². The van der Waals surface area contributed by atoms with Crippen molar-refractivity contribution in [3.63, 3.8) is 0 Å². The highest BCUT2D eigenvalue weighted by molar-refractivity contribution is 7.17. The minimum Gasteiger partial charge on any atom is -0.480 e. The van der Waals surface area contributed by atoms with Gasteiger partial charge in [-0.1, -0.05) is 18.2 Å². The molecule has 1 aliphatic heterocycles. The van der Waals surface area contributed by atoms with E-state index < -0.39 is 12.0 Å². The van der Waals surface area contributed by atoms with Crippen LogP contribution in [0.2, 0.25) is 0 Å². The number of hydrogen-bond acceptors (Lipinski definition) is 4. The van der Waals surface area contributed by atoms with Crippen molar-refractivity contribution in [2.45, 2.75) is 38.4 Å². The van der Waals surface area contributed by atoms with E-state index in [2.05, 4.69) is 32.4 Å². The third-order valence-corrected chi connectivity index (χ3v) is 5.63. The normalized spacial score (nSPS) is 14.8. The van der Waals surface area contributed by atoms with Crippen molar-refractivity contribution in [3.05, 3.63) is 52.9 Å². The molecule has 0 amide bonds. The lowest BCUT2D eigenvalue weighted by atomic mass is 10.0. The summed E-state index contributed by atoms with van der Waals surface area (Å²) in [6.07, 6.45) is 4.49. The summed E-state index contributed by atoms with van der Waals surface area (Å²) in [6, 6.07) is 7.54. The van der Waals surface area contributed by atoms with Crippen molar-refractivity contribution in [1.29, 1.82) is 0 Å². The fourth-order valence-electron chi connectivity index (χ4n) is 3.35. The Morgan fingerprint density at radius 1 is 1.42 bits per heavy atom. The second kappa shape index (κ2) is 6.37. The number of aryl methyl sites for hydroxylation is 1. The molecule has 0 aliphatic carbocycles. The third kappa shape index (κ3) is 2.83. The SMILES string of the molecule is O=C(O)C(Cc1csc2ccccc12)NCc1cnc2n1CCC2. The Bertz CT molecular complexity index is 883. The smallest absolute Gasteiger partial charge is 0.321 e. The molecule has 0 spiro atoms. The number of hydrogen-bond donors (Lipinski definition) is 2. The molecule has 4 rings (SSSR count). The molecule has 3 aromatic rings. The molecular weight excluding hydrogens is 322 g/mol. The Labute approximate surface area is 144 Å². The van der Waals surface area contributed by atoms with Gasteiger partial charge in [0.05, 0.1) is 5.69 Å². The molecule has 0 fully saturated rings. The number of rotatable bonds is 6. The number of nitrogens with one attached hydrogen (secondary N) is 1. The quantitative estimate of drug-likeness (QED) is 0.723. The molecule has 0 saturated heterocycles. The summed E-state index contributed by atoms with van der Waals surface area (Å²) in [6.45, 7) is 1.52. The second-order valence-electron chi connectivity index (χ2n) is 6.15. The maximum absolute atomic E-state index is 11.7. The lowest BCUT2D eigenvalue weighted by Crippen LogP contribution is -2.38. The van der Waals surface area contributed by atoms with Crippen LogP contribution in [0.1, 0.15) is 23.5 Å². The lowest BCUT2D eigenvalue weighted by Gasteiger charge is -2.15. The van der Waals surface area contributed by atoms with Crippen molar-refractivity contribution in [2.24, 2.45) is 0 Å². The number of thiophene rings is 1. The van der Waals surface area contributed by atoms with Crippen molar-refractivity contribution >= 4 is 27.4 Å². The van der Waals surface area contributed by atoms with Gasteiger partial charge >= 0.3 is 5.97 Å². The van der Waals surface area contributed by atoms with Crippen LogP contribution in [0.5, 0.6) is 0 Å². The van der Waals surface area contributed by atoms with E-state index in [1.165, 1.54) is 4.70 Å². The van der Waals surface area contributed by atoms with Gasteiger partial charge in [0, 0.05) is 30.4 Å². The highest BCUT2D eigenvalue weighted by atomic mass is 32.1. The maximum atomic E-state index is 11.7. The first kappa shape index (κ1) is 15.4. The first-order chi connectivity index (χ1) is 11.7. The molecule has 124 valence electrons. The summed E-state index contributed by atoms with van der Waals surface area (Å²) in [7, 11) is 0. The van der Waals surface area contributed by atoms with Crippen LogP contribution >= 0.6 is 11.3 Å². The largest absolute Gasteiger partial charge is 0.480 e. The van der Waals surface area contributed by atoms with Crippen LogP contribution in [0.25, 0.3) is 10.1 Å². The summed E-state index contributed by atoms with van der Waals surface area (Å²) in [5.74, 6) is 0.300. The zero-order valence-electron chi connectivity index (χ0n) is 13.2. The summed E-state index contributed by atoms with van der Waals surface area (Å²) in [4.78, 5) is 16.1. The molecule has 1 atom stereocenters. The third-order valence-electron chi connectivity index (χ3n) is 4.62. The Kier molecular flexibility index (Phi) is 4.08. The summed E-state index contributed by atoms with van der Waals surface area (Å²) in [5, 5.41) is 16.0. The maximum Gasteiger partial charge on any atom is 0.321 e. The number of imidazole rings is 1. The van der Waals surface area contributed by atoms with Gasteiger partial charge in [-0.3, -0.25) is 10.1 Å². The predicted octanol–water partition coefficient (Wildman–Crippen LogP) is 2.83. The minimum absolute atomic E-state index is 0.486. The lowest BCUT2D eigenvalue weighted by molar-refractivity contribution is -0.139. The monoisotopic (exact) mass is 341 g/mol. The van der Waals surface area contributed by atoms with Gasteiger partial charge in [-0.05, 0) is 35.2 Å². The number of aliphatic carboxylic acids is 1. The van der Waals surface area contributed by atoms with Gasteiger partial charge < -0.3 is 9.67 Å². The molecule has 6 heteroatoms. The fraction of sp³-hybridized carbons (Fsp3) is 0.333. The topological polar surface area (TPSA) is 67.2 Å². The van der Waals surface area contributed by atoms with E-state index >= 15 is 0 Å². The van der Waals surface area contributed by atoms with Crippen molar-refractivity contribution < 1.29 is 9.90 Å². The fourth-order valence-corrected chi connectivity index (χ4v) is 4.32. The number of benzene rings is 1. The average Bonchev–Trinajstić information content (AvgIpc) is 3.27. The molecule has 0 radical (unpaired) electrons. The number of carboxylic acids is 1. The van der Waals surface area contributed by atoms with Crippen LogP contribution in [0.4, 0.5) is 0 Å². The Morgan fingerprint density at radius 3 is 3.17 bits per heavy atom. The van der Waals surface area contributed by atoms with Gasteiger partial charge in [0.1, 0.15) is 11.9 Å². The molecule has 0 bridgehead atoms. The minimum atomic E-state index is -0.813. The Balaban J connectivity index is 1.49. The van der Waals surface area contributed by atoms with Crippen molar-refractivity contribution in [1.82, 2.24) is 14.9 Å². The first-order valence-corrected chi connectivity index (χ1v) is 9.05. The van der Waals surface area contributed by atoms with Crippen LogP contribution in [-0.2, 0) is 30.7 Å². The number of fused-ring (bicyclic) bond motifs is 2. The van der Waals surface area contributed by atoms with Gasteiger partial charge in [-0.2, -0.15) is 0 Å². The van der Waals surface area contributed by atoms with Gasteiger partial charge in [0.25, 0.3) is 0 Å². The zero-order chi connectivity index (χ0) is 16.5. The van der Waals surface area contributed by atoms with Crippen LogP contribution in [-0.4, -0.2) is 26.7 Å². The molecule has 5 nitrogen and oxygen atoms in total. The molecule has 2 aromatic heterocycles. The molecular formula is C18H19N3O2S. The molecule has 1 aliphatic rings. The van der Waals surface area contributed by atoms with Crippen LogP contribution in [0.3, 0.4) is 0 Å². The molecule has 1 aromatic carbocycles.